The van der Waals surface area contributed by atoms with Gasteiger partial charge in [-0.25, -0.2) is 0 Å². The third-order valence-electron chi connectivity index (χ3n) is 4.60. The first-order valence-electron chi connectivity index (χ1n) is 8.77. The lowest BCUT2D eigenvalue weighted by Gasteiger charge is -2.15. The van der Waals surface area contributed by atoms with E-state index in [1.54, 1.807) is 7.11 Å². The first-order chi connectivity index (χ1) is 12.4. The molecule has 0 fully saturated rings. The largest absolute Gasteiger partial charge is 0.496 e. The fourth-order valence-corrected chi connectivity index (χ4v) is 3.08. The molecule has 4 nitrogen and oxygen atoms in total. The molecule has 0 spiro atoms. The Hall–Kier alpha value is -2.88. The van der Waals surface area contributed by atoms with Gasteiger partial charge in [-0.15, -0.1) is 0 Å². The van der Waals surface area contributed by atoms with Gasteiger partial charge in [0.2, 0.25) is 0 Å². The van der Waals surface area contributed by atoms with Crippen molar-refractivity contribution in [2.45, 2.75) is 33.6 Å². The van der Waals surface area contributed by atoms with Gasteiger partial charge in [-0.05, 0) is 66.8 Å². The van der Waals surface area contributed by atoms with E-state index in [1.807, 2.05) is 56.3 Å². The summed E-state index contributed by atoms with van der Waals surface area (Å²) in [6.45, 7) is 8.16. The summed E-state index contributed by atoms with van der Waals surface area (Å²) < 4.78 is 5.51. The number of carbonyl (C=O) groups is 1. The fourth-order valence-electron chi connectivity index (χ4n) is 3.08. The summed E-state index contributed by atoms with van der Waals surface area (Å²) >= 11 is 0. The molecule has 26 heavy (non-hydrogen) atoms. The molecule has 0 N–H and O–H groups in total. The van der Waals surface area contributed by atoms with Crippen LogP contribution in [0.5, 0.6) is 5.75 Å². The molecule has 0 bridgehead atoms. The Morgan fingerprint density at radius 2 is 1.81 bits per heavy atom. The minimum absolute atomic E-state index is 0.102. The van der Waals surface area contributed by atoms with Gasteiger partial charge < -0.3 is 4.74 Å². The molecule has 134 valence electrons. The third-order valence-corrected chi connectivity index (χ3v) is 4.60. The number of methoxy groups -OCH3 is 1. The summed E-state index contributed by atoms with van der Waals surface area (Å²) in [5.41, 5.74) is 5.33. The van der Waals surface area contributed by atoms with Crippen LogP contribution in [0.3, 0.4) is 0 Å². The van der Waals surface area contributed by atoms with Crippen LogP contribution >= 0.6 is 0 Å². The van der Waals surface area contributed by atoms with E-state index in [0.717, 1.165) is 33.8 Å². The number of benzene rings is 2. The monoisotopic (exact) mass is 348 g/mol. The Bertz CT molecular complexity index is 896. The highest BCUT2D eigenvalue weighted by Gasteiger charge is 2.28. The molecule has 1 aliphatic rings. The first kappa shape index (κ1) is 17.9. The van der Waals surface area contributed by atoms with Crippen molar-refractivity contribution in [1.29, 1.82) is 0 Å². The van der Waals surface area contributed by atoms with Crippen LogP contribution in [0, 0.1) is 6.92 Å². The molecule has 1 aliphatic heterocycles. The third kappa shape index (κ3) is 3.27. The standard InChI is InChI=1S/C22H24N2O2/c1-14(2)19-12-17(15(3)11-21(19)26-5)13-20-16(4)23-24(22(20)25)18-9-7-6-8-10-18/h6-14H,1-5H3. The Kier molecular flexibility index (Phi) is 4.94. The maximum absolute atomic E-state index is 12.9. The van der Waals surface area contributed by atoms with Crippen LogP contribution in [0.2, 0.25) is 0 Å². The average molecular weight is 348 g/mol. The number of para-hydroxylation sites is 1. The number of nitrogens with zero attached hydrogens (tertiary/aromatic N) is 2. The van der Waals surface area contributed by atoms with Crippen LogP contribution in [-0.2, 0) is 4.79 Å². The van der Waals surface area contributed by atoms with Crippen molar-refractivity contribution in [3.8, 4) is 5.75 Å². The van der Waals surface area contributed by atoms with Crippen molar-refractivity contribution in [3.63, 3.8) is 0 Å². The van der Waals surface area contributed by atoms with E-state index < -0.39 is 0 Å². The van der Waals surface area contributed by atoms with Crippen LogP contribution in [0.4, 0.5) is 5.69 Å². The van der Waals surface area contributed by atoms with Crippen molar-refractivity contribution in [2.24, 2.45) is 5.10 Å². The highest BCUT2D eigenvalue weighted by Crippen LogP contribution is 2.32. The number of amides is 1. The molecule has 0 aliphatic carbocycles. The molecule has 0 radical (unpaired) electrons. The molecule has 4 heteroatoms. The van der Waals surface area contributed by atoms with Crippen LogP contribution in [0.25, 0.3) is 6.08 Å². The van der Waals surface area contributed by atoms with Gasteiger partial charge in [0.05, 0.1) is 24.1 Å². The molecule has 1 amide bonds. The quantitative estimate of drug-likeness (QED) is 0.735. The van der Waals surface area contributed by atoms with Gasteiger partial charge in [0.1, 0.15) is 5.75 Å². The van der Waals surface area contributed by atoms with Crippen LogP contribution in [0.15, 0.2) is 53.1 Å². The van der Waals surface area contributed by atoms with Crippen LogP contribution < -0.4 is 9.75 Å². The molecule has 3 rings (SSSR count). The van der Waals surface area contributed by atoms with Gasteiger partial charge in [0.25, 0.3) is 5.91 Å². The lowest BCUT2D eigenvalue weighted by atomic mass is 9.95. The van der Waals surface area contributed by atoms with E-state index in [0.29, 0.717) is 11.5 Å². The van der Waals surface area contributed by atoms with Gasteiger partial charge in [-0.3, -0.25) is 4.79 Å². The second-order valence-electron chi connectivity index (χ2n) is 6.80. The van der Waals surface area contributed by atoms with Crippen LogP contribution in [0.1, 0.15) is 43.4 Å². The molecule has 0 unspecified atom stereocenters. The molecule has 0 atom stereocenters. The number of rotatable bonds is 4. The van der Waals surface area contributed by atoms with E-state index in [4.69, 9.17) is 4.74 Å². The molecule has 0 saturated carbocycles. The predicted molar refractivity (Wildman–Crippen MR) is 107 cm³/mol. The van der Waals surface area contributed by atoms with Gasteiger partial charge in [-0.1, -0.05) is 32.0 Å². The second kappa shape index (κ2) is 7.16. The zero-order chi connectivity index (χ0) is 18.8. The summed E-state index contributed by atoms with van der Waals surface area (Å²) in [4.78, 5) is 12.9. The normalized spacial score (nSPS) is 15.8. The van der Waals surface area contributed by atoms with E-state index in [2.05, 4.69) is 25.0 Å². The zero-order valence-electron chi connectivity index (χ0n) is 15.9. The van der Waals surface area contributed by atoms with Gasteiger partial charge in [-0.2, -0.15) is 10.1 Å². The molecule has 0 aromatic heterocycles. The molecule has 2 aromatic rings. The maximum Gasteiger partial charge on any atom is 0.280 e. The summed E-state index contributed by atoms with van der Waals surface area (Å²) in [6.07, 6.45) is 1.94. The Morgan fingerprint density at radius 1 is 1.12 bits per heavy atom. The number of ether oxygens (including phenoxy) is 1. The minimum Gasteiger partial charge on any atom is -0.496 e. The molecular weight excluding hydrogens is 324 g/mol. The summed E-state index contributed by atoms with van der Waals surface area (Å²) in [5.74, 6) is 1.11. The zero-order valence-corrected chi connectivity index (χ0v) is 15.9. The summed E-state index contributed by atoms with van der Waals surface area (Å²) in [5, 5.41) is 5.91. The smallest absolute Gasteiger partial charge is 0.280 e. The van der Waals surface area contributed by atoms with E-state index in [1.165, 1.54) is 5.01 Å². The van der Waals surface area contributed by atoms with Gasteiger partial charge >= 0.3 is 0 Å². The summed E-state index contributed by atoms with van der Waals surface area (Å²) in [6, 6.07) is 13.6. The Labute approximate surface area is 154 Å². The number of aryl methyl sites for hydroxylation is 1. The van der Waals surface area contributed by atoms with Crippen molar-refractivity contribution >= 4 is 23.4 Å². The summed E-state index contributed by atoms with van der Waals surface area (Å²) in [7, 11) is 1.69. The molecular formula is C22H24N2O2. The number of hydrogen-bond acceptors (Lipinski definition) is 3. The van der Waals surface area contributed by atoms with Gasteiger partial charge in [0.15, 0.2) is 0 Å². The fraction of sp³-hybridized carbons (Fsp3) is 0.273. The van der Waals surface area contributed by atoms with Crippen LogP contribution in [-0.4, -0.2) is 18.7 Å². The number of hydrazone groups is 1. The van der Waals surface area contributed by atoms with Gasteiger partial charge in [0, 0.05) is 0 Å². The predicted octanol–water partition coefficient (Wildman–Crippen LogP) is 4.93. The first-order valence-corrected chi connectivity index (χ1v) is 8.77. The lowest BCUT2D eigenvalue weighted by Crippen LogP contribution is -2.21. The Balaban J connectivity index is 2.02. The van der Waals surface area contributed by atoms with E-state index in [9.17, 15) is 4.79 Å². The average Bonchev–Trinajstić information content (AvgIpc) is 2.91. The van der Waals surface area contributed by atoms with Crippen molar-refractivity contribution in [2.75, 3.05) is 12.1 Å². The maximum atomic E-state index is 12.9. The lowest BCUT2D eigenvalue weighted by molar-refractivity contribution is -0.114. The molecule has 1 heterocycles. The second-order valence-corrected chi connectivity index (χ2v) is 6.80. The molecule has 2 aromatic carbocycles. The minimum atomic E-state index is -0.102. The van der Waals surface area contributed by atoms with Crippen molar-refractivity contribution < 1.29 is 9.53 Å². The highest BCUT2D eigenvalue weighted by molar-refractivity contribution is 6.32. The number of anilines is 1. The number of hydrogen-bond donors (Lipinski definition) is 0. The Morgan fingerprint density at radius 3 is 2.42 bits per heavy atom. The van der Waals surface area contributed by atoms with Crippen molar-refractivity contribution in [1.82, 2.24) is 0 Å². The SMILES string of the molecule is COc1cc(C)c(C=C2C(=O)N(c3ccccc3)N=C2C)cc1C(C)C. The van der Waals surface area contributed by atoms with E-state index >= 15 is 0 Å². The highest BCUT2D eigenvalue weighted by atomic mass is 16.5. The molecule has 0 saturated heterocycles. The van der Waals surface area contributed by atoms with Crippen molar-refractivity contribution in [3.05, 3.63) is 64.7 Å². The van der Waals surface area contributed by atoms with E-state index in [-0.39, 0.29) is 5.91 Å². The number of carbonyl (C=O) groups excluding carboxylic acids is 1. The topological polar surface area (TPSA) is 41.9 Å².